The molecule has 1 atom stereocenters. The maximum Gasteiger partial charge on any atom is 0.117 e. The second-order valence-electron chi connectivity index (χ2n) is 4.53. The van der Waals surface area contributed by atoms with E-state index in [0.717, 1.165) is 48.8 Å². The van der Waals surface area contributed by atoms with Crippen LogP contribution < -0.4 is 5.32 Å². The number of aryl methyl sites for hydroxylation is 2. The Hall–Kier alpha value is -0.520. The normalized spacial score (nSPS) is 12.8. The standard InChI is InChI=1S/C13H25N3OS/c1-4-9-14-10-5-6-12-15-16-13(18-12)8-7-11(2)17-3/h11,14H,4-10H2,1-3H3. The van der Waals surface area contributed by atoms with E-state index in [1.165, 1.54) is 6.42 Å². The summed E-state index contributed by atoms with van der Waals surface area (Å²) in [7, 11) is 1.75. The molecule has 0 aliphatic carbocycles. The molecule has 0 bridgehead atoms. The highest BCUT2D eigenvalue weighted by molar-refractivity contribution is 7.11. The smallest absolute Gasteiger partial charge is 0.117 e. The van der Waals surface area contributed by atoms with Gasteiger partial charge in [0.05, 0.1) is 6.10 Å². The molecule has 0 fully saturated rings. The summed E-state index contributed by atoms with van der Waals surface area (Å²) < 4.78 is 5.23. The number of hydrogen-bond acceptors (Lipinski definition) is 5. The number of rotatable bonds is 10. The fourth-order valence-electron chi connectivity index (χ4n) is 1.60. The van der Waals surface area contributed by atoms with Gasteiger partial charge in [0.2, 0.25) is 0 Å². The Bertz CT molecular complexity index is 317. The van der Waals surface area contributed by atoms with Crippen LogP contribution in [0.5, 0.6) is 0 Å². The molecule has 1 heterocycles. The van der Waals surface area contributed by atoms with Gasteiger partial charge in [0.15, 0.2) is 0 Å². The van der Waals surface area contributed by atoms with Crippen molar-refractivity contribution in [1.29, 1.82) is 0 Å². The lowest BCUT2D eigenvalue weighted by atomic mass is 10.2. The summed E-state index contributed by atoms with van der Waals surface area (Å²) in [5, 5.41) is 14.2. The number of nitrogens with zero attached hydrogens (tertiary/aromatic N) is 2. The van der Waals surface area contributed by atoms with Crippen LogP contribution in [0.3, 0.4) is 0 Å². The average Bonchev–Trinajstić information content (AvgIpc) is 2.83. The Morgan fingerprint density at radius 1 is 1.22 bits per heavy atom. The lowest BCUT2D eigenvalue weighted by molar-refractivity contribution is 0.111. The summed E-state index contributed by atoms with van der Waals surface area (Å²) in [4.78, 5) is 0. The molecule has 4 nitrogen and oxygen atoms in total. The third-order valence-corrected chi connectivity index (χ3v) is 3.89. The van der Waals surface area contributed by atoms with E-state index in [1.54, 1.807) is 18.4 Å². The fraction of sp³-hybridized carbons (Fsp3) is 0.846. The molecule has 0 radical (unpaired) electrons. The Morgan fingerprint density at radius 2 is 1.94 bits per heavy atom. The zero-order chi connectivity index (χ0) is 13.2. The van der Waals surface area contributed by atoms with Crippen molar-refractivity contribution in [3.05, 3.63) is 10.0 Å². The molecule has 0 aromatic carbocycles. The van der Waals surface area contributed by atoms with E-state index in [2.05, 4.69) is 29.4 Å². The Kier molecular flexibility index (Phi) is 8.13. The quantitative estimate of drug-likeness (QED) is 0.664. The lowest BCUT2D eigenvalue weighted by Crippen LogP contribution is -2.16. The first-order valence-corrected chi connectivity index (χ1v) is 7.62. The van der Waals surface area contributed by atoms with Gasteiger partial charge in [-0.1, -0.05) is 6.92 Å². The van der Waals surface area contributed by atoms with E-state index in [-0.39, 0.29) is 0 Å². The van der Waals surface area contributed by atoms with Gasteiger partial charge < -0.3 is 10.1 Å². The minimum Gasteiger partial charge on any atom is -0.382 e. The van der Waals surface area contributed by atoms with Crippen LogP contribution in [0.15, 0.2) is 0 Å². The van der Waals surface area contributed by atoms with E-state index in [0.29, 0.717) is 6.10 Å². The minimum absolute atomic E-state index is 0.301. The van der Waals surface area contributed by atoms with E-state index >= 15 is 0 Å². The predicted octanol–water partition coefficient (Wildman–Crippen LogP) is 2.44. The van der Waals surface area contributed by atoms with E-state index in [1.807, 2.05) is 0 Å². The minimum atomic E-state index is 0.301. The monoisotopic (exact) mass is 271 g/mol. The van der Waals surface area contributed by atoms with Gasteiger partial charge in [-0.05, 0) is 39.3 Å². The molecular weight excluding hydrogens is 246 g/mol. The highest BCUT2D eigenvalue weighted by Crippen LogP contribution is 2.14. The van der Waals surface area contributed by atoms with Gasteiger partial charge in [0.25, 0.3) is 0 Å². The van der Waals surface area contributed by atoms with Crippen molar-refractivity contribution in [2.75, 3.05) is 20.2 Å². The second kappa shape index (κ2) is 9.42. The molecule has 0 amide bonds. The number of nitrogens with one attached hydrogen (secondary N) is 1. The Balaban J connectivity index is 2.17. The first-order valence-electron chi connectivity index (χ1n) is 6.81. The van der Waals surface area contributed by atoms with Crippen LogP contribution in [0.2, 0.25) is 0 Å². The Labute approximate surface area is 114 Å². The van der Waals surface area contributed by atoms with Crippen LogP contribution in [-0.4, -0.2) is 36.5 Å². The van der Waals surface area contributed by atoms with Gasteiger partial charge in [-0.2, -0.15) is 0 Å². The molecule has 1 N–H and O–H groups in total. The molecular formula is C13H25N3OS. The SMILES string of the molecule is CCCNCCCc1nnc(CCC(C)OC)s1. The van der Waals surface area contributed by atoms with Crippen molar-refractivity contribution in [1.82, 2.24) is 15.5 Å². The summed E-state index contributed by atoms with van der Waals surface area (Å²) in [6, 6.07) is 0. The molecule has 5 heteroatoms. The van der Waals surface area contributed by atoms with E-state index in [9.17, 15) is 0 Å². The first kappa shape index (κ1) is 15.5. The highest BCUT2D eigenvalue weighted by Gasteiger charge is 2.06. The maximum absolute atomic E-state index is 5.23. The fourth-order valence-corrected chi connectivity index (χ4v) is 2.50. The van der Waals surface area contributed by atoms with Gasteiger partial charge in [-0.15, -0.1) is 21.5 Å². The molecule has 0 spiro atoms. The first-order chi connectivity index (χ1) is 8.76. The molecule has 0 saturated carbocycles. The summed E-state index contributed by atoms with van der Waals surface area (Å²) in [6.45, 7) is 6.45. The van der Waals surface area contributed by atoms with Gasteiger partial charge in [-0.3, -0.25) is 0 Å². The highest BCUT2D eigenvalue weighted by atomic mass is 32.1. The summed E-state index contributed by atoms with van der Waals surface area (Å²) in [5.74, 6) is 0. The molecule has 1 aromatic rings. The summed E-state index contributed by atoms with van der Waals surface area (Å²) in [5.41, 5.74) is 0. The number of aromatic nitrogens is 2. The zero-order valence-electron chi connectivity index (χ0n) is 11.7. The van der Waals surface area contributed by atoms with Crippen molar-refractivity contribution in [2.45, 2.75) is 52.1 Å². The topological polar surface area (TPSA) is 47.0 Å². The van der Waals surface area contributed by atoms with E-state index < -0.39 is 0 Å². The molecule has 0 aliphatic rings. The summed E-state index contributed by atoms with van der Waals surface area (Å²) in [6.07, 6.45) is 5.66. The van der Waals surface area contributed by atoms with Crippen molar-refractivity contribution in [3.63, 3.8) is 0 Å². The predicted molar refractivity (Wildman–Crippen MR) is 76.2 cm³/mol. The van der Waals surface area contributed by atoms with Crippen LogP contribution in [0.25, 0.3) is 0 Å². The number of hydrogen-bond donors (Lipinski definition) is 1. The molecule has 0 aliphatic heterocycles. The van der Waals surface area contributed by atoms with Crippen LogP contribution in [-0.2, 0) is 17.6 Å². The number of methoxy groups -OCH3 is 1. The molecule has 1 aromatic heterocycles. The Morgan fingerprint density at radius 3 is 2.61 bits per heavy atom. The van der Waals surface area contributed by atoms with Crippen molar-refractivity contribution < 1.29 is 4.74 Å². The van der Waals surface area contributed by atoms with Crippen molar-refractivity contribution >= 4 is 11.3 Å². The third-order valence-electron chi connectivity index (χ3n) is 2.85. The average molecular weight is 271 g/mol. The van der Waals surface area contributed by atoms with Gasteiger partial charge in [0.1, 0.15) is 10.0 Å². The lowest BCUT2D eigenvalue weighted by Gasteiger charge is -2.06. The van der Waals surface area contributed by atoms with Crippen LogP contribution in [0.4, 0.5) is 0 Å². The van der Waals surface area contributed by atoms with Gasteiger partial charge >= 0.3 is 0 Å². The molecule has 0 saturated heterocycles. The maximum atomic E-state index is 5.23. The third kappa shape index (κ3) is 6.42. The van der Waals surface area contributed by atoms with Gasteiger partial charge in [-0.25, -0.2) is 0 Å². The van der Waals surface area contributed by atoms with Crippen LogP contribution in [0.1, 0.15) is 43.1 Å². The number of ether oxygens (including phenoxy) is 1. The molecule has 1 unspecified atom stereocenters. The second-order valence-corrected chi connectivity index (χ2v) is 5.67. The molecule has 104 valence electrons. The van der Waals surface area contributed by atoms with Gasteiger partial charge in [0, 0.05) is 20.0 Å². The largest absolute Gasteiger partial charge is 0.382 e. The van der Waals surface area contributed by atoms with Crippen molar-refractivity contribution in [2.24, 2.45) is 0 Å². The molecule has 18 heavy (non-hydrogen) atoms. The van der Waals surface area contributed by atoms with Crippen molar-refractivity contribution in [3.8, 4) is 0 Å². The summed E-state index contributed by atoms with van der Waals surface area (Å²) >= 11 is 1.74. The molecule has 1 rings (SSSR count). The zero-order valence-corrected chi connectivity index (χ0v) is 12.6. The van der Waals surface area contributed by atoms with Crippen LogP contribution >= 0.6 is 11.3 Å². The van der Waals surface area contributed by atoms with E-state index in [4.69, 9.17) is 4.74 Å². The van der Waals surface area contributed by atoms with Crippen LogP contribution in [0, 0.1) is 0 Å².